The maximum Gasteiger partial charge on any atom is 0.221 e. The van der Waals surface area contributed by atoms with E-state index in [2.05, 4.69) is 5.32 Å². The van der Waals surface area contributed by atoms with Crippen molar-refractivity contribution in [3.63, 3.8) is 0 Å². The highest BCUT2D eigenvalue weighted by Gasteiger charge is 2.28. The number of carbonyl (C=O) groups is 1. The Balaban J connectivity index is 2.03. The van der Waals surface area contributed by atoms with Crippen LogP contribution in [0, 0.1) is 5.92 Å². The summed E-state index contributed by atoms with van der Waals surface area (Å²) in [6, 6.07) is 5.19. The minimum absolute atomic E-state index is 0.00633. The van der Waals surface area contributed by atoms with Gasteiger partial charge in [-0.25, -0.2) is 8.42 Å². The Morgan fingerprint density at radius 2 is 2.00 bits per heavy atom. The van der Waals surface area contributed by atoms with Crippen LogP contribution in [0.5, 0.6) is 0 Å². The summed E-state index contributed by atoms with van der Waals surface area (Å²) in [5.41, 5.74) is 0.191. The van der Waals surface area contributed by atoms with Gasteiger partial charge in [0.1, 0.15) is 0 Å². The van der Waals surface area contributed by atoms with E-state index in [1.807, 2.05) is 13.8 Å². The van der Waals surface area contributed by atoms with Gasteiger partial charge in [0, 0.05) is 17.7 Å². The minimum atomic E-state index is -3.14. The topological polar surface area (TPSA) is 63.2 Å². The molecule has 1 aromatic rings. The first-order chi connectivity index (χ1) is 10.1. The van der Waals surface area contributed by atoms with Crippen molar-refractivity contribution in [2.24, 2.45) is 5.92 Å². The van der Waals surface area contributed by atoms with E-state index in [9.17, 15) is 13.2 Å². The molecule has 1 heterocycles. The van der Waals surface area contributed by atoms with Gasteiger partial charge in [0.2, 0.25) is 5.91 Å². The number of amides is 1. The fraction of sp³-hybridized carbons (Fsp3) is 0.400. The first kappa shape index (κ1) is 17.3. The highest BCUT2D eigenvalue weighted by molar-refractivity contribution is 7.94. The van der Waals surface area contributed by atoms with E-state index in [0.29, 0.717) is 10.0 Å². The average Bonchev–Trinajstić information content (AvgIpc) is 2.71. The third-order valence-electron chi connectivity index (χ3n) is 3.55. The van der Waals surface area contributed by atoms with Crippen molar-refractivity contribution in [3.8, 4) is 0 Å². The summed E-state index contributed by atoms with van der Waals surface area (Å²) < 4.78 is 22.7. The Labute approximate surface area is 140 Å². The van der Waals surface area contributed by atoms with Crippen molar-refractivity contribution < 1.29 is 13.2 Å². The third kappa shape index (κ3) is 4.24. The first-order valence-corrected chi connectivity index (χ1v) is 9.24. The number of hydrogen-bond donors (Lipinski definition) is 1. The number of hydrogen-bond acceptors (Lipinski definition) is 3. The Bertz CT molecular complexity index is 726. The Kier molecular flexibility index (Phi) is 4.90. The van der Waals surface area contributed by atoms with Crippen LogP contribution in [0.25, 0.3) is 0 Å². The van der Waals surface area contributed by atoms with Gasteiger partial charge in [0.25, 0.3) is 0 Å². The maximum absolute atomic E-state index is 12.2. The number of allylic oxidation sites excluding steroid dienone is 1. The largest absolute Gasteiger partial charge is 0.347 e. The molecule has 1 aliphatic rings. The molecule has 4 nitrogen and oxygen atoms in total. The molecule has 0 bridgehead atoms. The molecule has 120 valence electrons. The van der Waals surface area contributed by atoms with Crippen LogP contribution in [0.3, 0.4) is 0 Å². The summed E-state index contributed by atoms with van der Waals surface area (Å²) in [5.74, 6) is -0.481. The molecular formula is C15H17Cl2NO3S. The molecule has 0 radical (unpaired) electrons. The van der Waals surface area contributed by atoms with Gasteiger partial charge in [0.05, 0.1) is 21.3 Å². The predicted molar refractivity (Wildman–Crippen MR) is 88.7 cm³/mol. The highest BCUT2D eigenvalue weighted by atomic mass is 35.5. The van der Waals surface area contributed by atoms with Crippen LogP contribution in [0.2, 0.25) is 10.0 Å². The minimum Gasteiger partial charge on any atom is -0.347 e. The van der Waals surface area contributed by atoms with Gasteiger partial charge >= 0.3 is 0 Å². The second-order valence-electron chi connectivity index (χ2n) is 5.92. The number of carbonyl (C=O) groups excluding carboxylic acids is 1. The number of sulfone groups is 1. The summed E-state index contributed by atoms with van der Waals surface area (Å²) in [5, 5.41) is 4.95. The second-order valence-corrected chi connectivity index (χ2v) is 8.67. The zero-order valence-corrected chi connectivity index (χ0v) is 14.6. The van der Waals surface area contributed by atoms with Crippen LogP contribution in [0.4, 0.5) is 0 Å². The normalized spacial score (nSPS) is 20.1. The first-order valence-electron chi connectivity index (χ1n) is 6.76. The fourth-order valence-corrected chi connectivity index (χ4v) is 4.06. The van der Waals surface area contributed by atoms with E-state index in [4.69, 9.17) is 23.2 Å². The molecule has 1 amide bonds. The van der Waals surface area contributed by atoms with Crippen LogP contribution >= 0.6 is 23.2 Å². The molecule has 1 unspecified atom stereocenters. The van der Waals surface area contributed by atoms with E-state index in [1.165, 1.54) is 5.41 Å². The number of benzene rings is 1. The standard InChI is InChI=1S/C15H17Cl2NO3S/c1-15(2,11-3-4-12(16)13(17)8-11)18-14(19)7-10-5-6-22(20,21)9-10/h3-6,8,10H,7,9H2,1-2H3,(H,18,19). The Morgan fingerprint density at radius 1 is 1.32 bits per heavy atom. The number of rotatable bonds is 4. The van der Waals surface area contributed by atoms with E-state index in [0.717, 1.165) is 5.56 Å². The maximum atomic E-state index is 12.2. The summed E-state index contributed by atoms with van der Waals surface area (Å²) in [6.07, 6.45) is 1.71. The summed E-state index contributed by atoms with van der Waals surface area (Å²) >= 11 is 11.9. The molecule has 0 aliphatic carbocycles. The fourth-order valence-electron chi connectivity index (χ4n) is 2.36. The van der Waals surface area contributed by atoms with E-state index < -0.39 is 15.4 Å². The van der Waals surface area contributed by atoms with Gasteiger partial charge in [0.15, 0.2) is 9.84 Å². The number of nitrogens with one attached hydrogen (secondary N) is 1. The lowest BCUT2D eigenvalue weighted by atomic mass is 9.93. The van der Waals surface area contributed by atoms with Crippen LogP contribution in [0.1, 0.15) is 25.8 Å². The molecule has 0 saturated carbocycles. The highest BCUT2D eigenvalue weighted by Crippen LogP contribution is 2.29. The summed E-state index contributed by atoms with van der Waals surface area (Å²) in [4.78, 5) is 12.2. The van der Waals surface area contributed by atoms with E-state index in [-0.39, 0.29) is 24.0 Å². The van der Waals surface area contributed by atoms with E-state index in [1.54, 1.807) is 24.3 Å². The van der Waals surface area contributed by atoms with Gasteiger partial charge in [-0.2, -0.15) is 0 Å². The smallest absolute Gasteiger partial charge is 0.221 e. The monoisotopic (exact) mass is 361 g/mol. The van der Waals surface area contributed by atoms with Crippen molar-refractivity contribution in [1.29, 1.82) is 0 Å². The van der Waals surface area contributed by atoms with Crippen molar-refractivity contribution in [2.45, 2.75) is 25.8 Å². The predicted octanol–water partition coefficient (Wildman–Crippen LogP) is 3.29. The van der Waals surface area contributed by atoms with Crippen molar-refractivity contribution >= 4 is 38.9 Å². The molecule has 1 atom stereocenters. The second kappa shape index (κ2) is 6.22. The van der Waals surface area contributed by atoms with Gasteiger partial charge in [-0.05, 0) is 31.5 Å². The molecular weight excluding hydrogens is 345 g/mol. The van der Waals surface area contributed by atoms with Crippen molar-refractivity contribution in [2.75, 3.05) is 5.75 Å². The molecule has 1 aromatic carbocycles. The number of halogens is 2. The van der Waals surface area contributed by atoms with Crippen LogP contribution in [0.15, 0.2) is 29.7 Å². The van der Waals surface area contributed by atoms with Crippen LogP contribution < -0.4 is 5.32 Å². The van der Waals surface area contributed by atoms with Crippen LogP contribution in [-0.4, -0.2) is 20.1 Å². The average molecular weight is 362 g/mol. The molecule has 1 aliphatic heterocycles. The molecule has 0 saturated heterocycles. The van der Waals surface area contributed by atoms with Crippen molar-refractivity contribution in [3.05, 3.63) is 45.3 Å². The third-order valence-corrected chi connectivity index (χ3v) is 5.75. The lowest BCUT2D eigenvalue weighted by Crippen LogP contribution is -2.41. The Hall–Kier alpha value is -1.04. The molecule has 22 heavy (non-hydrogen) atoms. The quantitative estimate of drug-likeness (QED) is 0.894. The van der Waals surface area contributed by atoms with Gasteiger partial charge < -0.3 is 5.32 Å². The van der Waals surface area contributed by atoms with Gasteiger partial charge in [-0.3, -0.25) is 4.79 Å². The lowest BCUT2D eigenvalue weighted by Gasteiger charge is -2.27. The molecule has 0 aromatic heterocycles. The molecule has 7 heteroatoms. The zero-order chi connectivity index (χ0) is 16.5. The molecule has 0 spiro atoms. The van der Waals surface area contributed by atoms with Gasteiger partial charge in [-0.15, -0.1) is 0 Å². The van der Waals surface area contributed by atoms with Crippen molar-refractivity contribution in [1.82, 2.24) is 5.32 Å². The lowest BCUT2D eigenvalue weighted by molar-refractivity contribution is -0.123. The molecule has 0 fully saturated rings. The summed E-state index contributed by atoms with van der Waals surface area (Å²) in [6.45, 7) is 3.71. The van der Waals surface area contributed by atoms with Gasteiger partial charge in [-0.1, -0.05) is 35.3 Å². The van der Waals surface area contributed by atoms with Crippen LogP contribution in [-0.2, 0) is 20.2 Å². The summed E-state index contributed by atoms with van der Waals surface area (Å²) in [7, 11) is -3.14. The SMILES string of the molecule is CC(C)(NC(=O)CC1C=CS(=O)(=O)C1)c1ccc(Cl)c(Cl)c1. The molecule has 2 rings (SSSR count). The van der Waals surface area contributed by atoms with E-state index >= 15 is 0 Å². The Morgan fingerprint density at radius 3 is 2.55 bits per heavy atom. The zero-order valence-electron chi connectivity index (χ0n) is 12.3. The molecule has 1 N–H and O–H groups in total.